The summed E-state index contributed by atoms with van der Waals surface area (Å²) in [4.78, 5) is 0. The van der Waals surface area contributed by atoms with Crippen LogP contribution in [0, 0.1) is 13.8 Å². The minimum atomic E-state index is 0.746. The fourth-order valence-electron chi connectivity index (χ4n) is 1.25. The zero-order valence-electron chi connectivity index (χ0n) is 8.50. The first-order valence-corrected chi connectivity index (χ1v) is 4.61. The van der Waals surface area contributed by atoms with Crippen molar-refractivity contribution in [3.05, 3.63) is 23.2 Å². The van der Waals surface area contributed by atoms with Gasteiger partial charge in [-0.3, -0.25) is 0 Å². The van der Waals surface area contributed by atoms with Crippen LogP contribution in [0.5, 0.6) is 0 Å². The first-order valence-electron chi connectivity index (χ1n) is 4.61. The fourth-order valence-corrected chi connectivity index (χ4v) is 1.25. The van der Waals surface area contributed by atoms with Crippen molar-refractivity contribution in [1.82, 2.24) is 10.3 Å². The van der Waals surface area contributed by atoms with E-state index in [-0.39, 0.29) is 0 Å². The van der Waals surface area contributed by atoms with Gasteiger partial charge in [0.05, 0.1) is 0 Å². The molecule has 0 aliphatic carbocycles. The van der Waals surface area contributed by atoms with E-state index in [9.17, 15) is 0 Å². The average Bonchev–Trinajstić information content (AvgIpc) is 2.75. The SMILES string of the molecule is CCc1cc(-c2noc(C)c2C)no1. The minimum absolute atomic E-state index is 0.746. The summed E-state index contributed by atoms with van der Waals surface area (Å²) in [6.45, 7) is 5.86. The first-order chi connectivity index (χ1) is 6.72. The summed E-state index contributed by atoms with van der Waals surface area (Å²) in [7, 11) is 0. The lowest BCUT2D eigenvalue weighted by Crippen LogP contribution is -1.80. The Hall–Kier alpha value is -1.58. The molecule has 0 saturated carbocycles. The summed E-state index contributed by atoms with van der Waals surface area (Å²) >= 11 is 0. The molecule has 0 unspecified atom stereocenters. The van der Waals surface area contributed by atoms with Crippen molar-refractivity contribution < 1.29 is 9.05 Å². The topological polar surface area (TPSA) is 52.1 Å². The second-order valence-electron chi connectivity index (χ2n) is 3.24. The quantitative estimate of drug-likeness (QED) is 0.733. The van der Waals surface area contributed by atoms with Gasteiger partial charge in [-0.25, -0.2) is 0 Å². The van der Waals surface area contributed by atoms with Gasteiger partial charge in [-0.15, -0.1) is 0 Å². The lowest BCUT2D eigenvalue weighted by atomic mass is 10.1. The Kier molecular flexibility index (Phi) is 2.11. The van der Waals surface area contributed by atoms with Gasteiger partial charge in [-0.2, -0.15) is 0 Å². The molecule has 2 heterocycles. The van der Waals surface area contributed by atoms with Crippen LogP contribution in [-0.4, -0.2) is 10.3 Å². The van der Waals surface area contributed by atoms with Crippen LogP contribution in [0.25, 0.3) is 11.4 Å². The van der Waals surface area contributed by atoms with Gasteiger partial charge in [0, 0.05) is 18.1 Å². The van der Waals surface area contributed by atoms with Gasteiger partial charge >= 0.3 is 0 Å². The highest BCUT2D eigenvalue weighted by atomic mass is 16.5. The van der Waals surface area contributed by atoms with Crippen LogP contribution in [0.3, 0.4) is 0 Å². The van der Waals surface area contributed by atoms with Crippen LogP contribution in [0.1, 0.15) is 24.0 Å². The fraction of sp³-hybridized carbons (Fsp3) is 0.400. The molecule has 2 aromatic heterocycles. The van der Waals surface area contributed by atoms with Crippen LogP contribution >= 0.6 is 0 Å². The monoisotopic (exact) mass is 192 g/mol. The molecule has 4 nitrogen and oxygen atoms in total. The third-order valence-electron chi connectivity index (χ3n) is 2.31. The normalized spacial score (nSPS) is 10.8. The maximum Gasteiger partial charge on any atom is 0.138 e. The van der Waals surface area contributed by atoms with Gasteiger partial charge in [0.1, 0.15) is 22.9 Å². The highest BCUT2D eigenvalue weighted by Crippen LogP contribution is 2.23. The molecule has 0 N–H and O–H groups in total. The molecule has 0 radical (unpaired) electrons. The van der Waals surface area contributed by atoms with E-state index in [4.69, 9.17) is 9.05 Å². The smallest absolute Gasteiger partial charge is 0.138 e. The van der Waals surface area contributed by atoms with E-state index in [1.54, 1.807) is 0 Å². The summed E-state index contributed by atoms with van der Waals surface area (Å²) in [5, 5.41) is 7.87. The molecule has 0 aromatic carbocycles. The summed E-state index contributed by atoms with van der Waals surface area (Å²) in [6.07, 6.45) is 0.836. The lowest BCUT2D eigenvalue weighted by Gasteiger charge is -1.87. The van der Waals surface area contributed by atoms with E-state index in [0.717, 1.165) is 34.9 Å². The second kappa shape index (κ2) is 3.29. The molecule has 0 aliphatic rings. The van der Waals surface area contributed by atoms with Gasteiger partial charge in [0.15, 0.2) is 0 Å². The molecule has 0 saturated heterocycles. The molecule has 74 valence electrons. The van der Waals surface area contributed by atoms with Crippen LogP contribution in [-0.2, 0) is 6.42 Å². The van der Waals surface area contributed by atoms with Crippen LogP contribution in [0.4, 0.5) is 0 Å². The number of nitrogens with zero attached hydrogens (tertiary/aromatic N) is 2. The Morgan fingerprint density at radius 3 is 2.50 bits per heavy atom. The highest BCUT2D eigenvalue weighted by Gasteiger charge is 2.14. The van der Waals surface area contributed by atoms with E-state index in [1.807, 2.05) is 26.8 Å². The van der Waals surface area contributed by atoms with Crippen LogP contribution < -0.4 is 0 Å². The molecular weight excluding hydrogens is 180 g/mol. The van der Waals surface area contributed by atoms with Gasteiger partial charge in [0.25, 0.3) is 0 Å². The lowest BCUT2D eigenvalue weighted by molar-refractivity contribution is 0.384. The summed E-state index contributed by atoms with van der Waals surface area (Å²) in [5.74, 6) is 1.68. The Balaban J connectivity index is 2.44. The molecular formula is C10H12N2O2. The standard InChI is InChI=1S/C10H12N2O2/c1-4-8-5-9(11-14-8)10-6(2)7(3)13-12-10/h5H,4H2,1-3H3. The highest BCUT2D eigenvalue weighted by molar-refractivity contribution is 5.58. The third kappa shape index (κ3) is 1.32. The first kappa shape index (κ1) is 8.99. The van der Waals surface area contributed by atoms with Crippen molar-refractivity contribution in [2.75, 3.05) is 0 Å². The largest absolute Gasteiger partial charge is 0.361 e. The molecule has 4 heteroatoms. The van der Waals surface area contributed by atoms with E-state index in [0.29, 0.717) is 0 Å². The Morgan fingerprint density at radius 1 is 1.21 bits per heavy atom. The van der Waals surface area contributed by atoms with Gasteiger partial charge < -0.3 is 9.05 Å². The predicted octanol–water partition coefficient (Wildman–Crippen LogP) is 2.51. The number of aromatic nitrogens is 2. The van der Waals surface area contributed by atoms with Crippen molar-refractivity contribution in [2.24, 2.45) is 0 Å². The molecule has 0 atom stereocenters. The van der Waals surface area contributed by atoms with Crippen molar-refractivity contribution in [1.29, 1.82) is 0 Å². The molecule has 2 rings (SSSR count). The number of aryl methyl sites for hydroxylation is 2. The molecule has 0 spiro atoms. The van der Waals surface area contributed by atoms with E-state index < -0.39 is 0 Å². The maximum atomic E-state index is 5.10. The van der Waals surface area contributed by atoms with Gasteiger partial charge in [-0.05, 0) is 13.8 Å². The molecule has 0 aliphatic heterocycles. The van der Waals surface area contributed by atoms with E-state index >= 15 is 0 Å². The minimum Gasteiger partial charge on any atom is -0.361 e. The molecule has 2 aromatic rings. The van der Waals surface area contributed by atoms with Crippen LogP contribution in [0.15, 0.2) is 15.1 Å². The van der Waals surface area contributed by atoms with Crippen molar-refractivity contribution in [3.8, 4) is 11.4 Å². The van der Waals surface area contributed by atoms with Crippen molar-refractivity contribution in [2.45, 2.75) is 27.2 Å². The van der Waals surface area contributed by atoms with Crippen LogP contribution in [0.2, 0.25) is 0 Å². The summed E-state index contributed by atoms with van der Waals surface area (Å²) in [5.41, 5.74) is 2.53. The molecule has 0 bridgehead atoms. The second-order valence-corrected chi connectivity index (χ2v) is 3.24. The zero-order valence-corrected chi connectivity index (χ0v) is 8.50. The average molecular weight is 192 g/mol. The van der Waals surface area contributed by atoms with Crippen molar-refractivity contribution in [3.63, 3.8) is 0 Å². The van der Waals surface area contributed by atoms with E-state index in [1.165, 1.54) is 0 Å². The van der Waals surface area contributed by atoms with E-state index in [2.05, 4.69) is 10.3 Å². The number of rotatable bonds is 2. The number of hydrogen-bond acceptors (Lipinski definition) is 4. The van der Waals surface area contributed by atoms with Crippen molar-refractivity contribution >= 4 is 0 Å². The van der Waals surface area contributed by atoms with Gasteiger partial charge in [0.2, 0.25) is 0 Å². The summed E-state index contributed by atoms with van der Waals surface area (Å²) in [6, 6.07) is 1.89. The Morgan fingerprint density at radius 2 is 2.00 bits per heavy atom. The number of hydrogen-bond donors (Lipinski definition) is 0. The Bertz CT molecular complexity index is 443. The maximum absolute atomic E-state index is 5.10. The van der Waals surface area contributed by atoms with Gasteiger partial charge in [-0.1, -0.05) is 17.2 Å². The zero-order chi connectivity index (χ0) is 10.1. The summed E-state index contributed by atoms with van der Waals surface area (Å²) < 4.78 is 10.2. The third-order valence-corrected chi connectivity index (χ3v) is 2.31. The predicted molar refractivity (Wildman–Crippen MR) is 50.9 cm³/mol. The molecule has 0 fully saturated rings. The Labute approximate surface area is 81.9 Å². The molecule has 14 heavy (non-hydrogen) atoms. The molecule has 0 amide bonds.